The number of hydrogen-bond acceptors (Lipinski definition) is 4. The summed E-state index contributed by atoms with van der Waals surface area (Å²) in [6, 6.07) is 7.83. The van der Waals surface area contributed by atoms with Gasteiger partial charge in [-0.25, -0.2) is 8.78 Å². The molecule has 3 rings (SSSR count). The molecule has 0 saturated carbocycles. The van der Waals surface area contributed by atoms with Gasteiger partial charge in [-0.15, -0.1) is 0 Å². The maximum atomic E-state index is 13.8. The SMILES string of the molecule is Cc1cc(C(=O)N2CCN(C(=O)c3c(F)cccc3F)CC2)ccc1NS(=O)[O-]. The van der Waals surface area contributed by atoms with E-state index in [0.717, 1.165) is 12.1 Å². The summed E-state index contributed by atoms with van der Waals surface area (Å²) < 4.78 is 51.4. The van der Waals surface area contributed by atoms with E-state index in [2.05, 4.69) is 4.72 Å². The Hall–Kier alpha value is -2.85. The molecule has 10 heteroatoms. The van der Waals surface area contributed by atoms with Crippen molar-refractivity contribution in [3.63, 3.8) is 0 Å². The van der Waals surface area contributed by atoms with Crippen LogP contribution in [0, 0.1) is 18.6 Å². The Bertz CT molecular complexity index is 958. The molecular formula is C19H18F2N3O4S-. The van der Waals surface area contributed by atoms with E-state index in [1.54, 1.807) is 13.0 Å². The number of amides is 2. The van der Waals surface area contributed by atoms with Crippen LogP contribution in [0.25, 0.3) is 0 Å². The van der Waals surface area contributed by atoms with Gasteiger partial charge < -0.3 is 19.1 Å². The highest BCUT2D eigenvalue weighted by molar-refractivity contribution is 7.80. The first-order valence-corrected chi connectivity index (χ1v) is 9.84. The van der Waals surface area contributed by atoms with Crippen LogP contribution in [0.4, 0.5) is 14.5 Å². The molecule has 0 bridgehead atoms. The minimum absolute atomic E-state index is 0.145. The van der Waals surface area contributed by atoms with Crippen molar-refractivity contribution < 1.29 is 27.1 Å². The van der Waals surface area contributed by atoms with Gasteiger partial charge in [0.25, 0.3) is 11.8 Å². The largest absolute Gasteiger partial charge is 0.755 e. The molecule has 1 unspecified atom stereocenters. The molecule has 1 saturated heterocycles. The van der Waals surface area contributed by atoms with Crippen LogP contribution in [0.2, 0.25) is 0 Å². The molecule has 7 nitrogen and oxygen atoms in total. The Morgan fingerprint density at radius 1 is 1.00 bits per heavy atom. The molecule has 154 valence electrons. The first-order chi connectivity index (χ1) is 13.8. The Labute approximate surface area is 168 Å². The summed E-state index contributed by atoms with van der Waals surface area (Å²) in [5, 5.41) is 0. The topological polar surface area (TPSA) is 92.8 Å². The van der Waals surface area contributed by atoms with Crippen molar-refractivity contribution in [3.05, 3.63) is 64.7 Å². The number of carbonyl (C=O) groups is 2. The van der Waals surface area contributed by atoms with Crippen LogP contribution >= 0.6 is 0 Å². The second kappa shape index (κ2) is 8.66. The van der Waals surface area contributed by atoms with Gasteiger partial charge in [0, 0.05) is 48.7 Å². The summed E-state index contributed by atoms with van der Waals surface area (Å²) in [6.07, 6.45) is 0. The zero-order chi connectivity index (χ0) is 21.1. The summed E-state index contributed by atoms with van der Waals surface area (Å²) in [5.41, 5.74) is 0.743. The lowest BCUT2D eigenvalue weighted by molar-refractivity contribution is 0.0530. The number of carbonyl (C=O) groups excluding carboxylic acids is 2. The van der Waals surface area contributed by atoms with Crippen LogP contribution in [-0.2, 0) is 11.3 Å². The molecular weight excluding hydrogens is 404 g/mol. The number of benzene rings is 2. The van der Waals surface area contributed by atoms with Gasteiger partial charge >= 0.3 is 0 Å². The van der Waals surface area contributed by atoms with Gasteiger partial charge in [-0.1, -0.05) is 6.07 Å². The minimum Gasteiger partial charge on any atom is -0.755 e. The molecule has 2 amide bonds. The van der Waals surface area contributed by atoms with Crippen molar-refractivity contribution in [2.45, 2.75) is 6.92 Å². The highest BCUT2D eigenvalue weighted by atomic mass is 32.2. The van der Waals surface area contributed by atoms with Crippen molar-refractivity contribution in [2.75, 3.05) is 30.9 Å². The molecule has 1 heterocycles. The van der Waals surface area contributed by atoms with E-state index < -0.39 is 34.4 Å². The zero-order valence-corrected chi connectivity index (χ0v) is 16.3. The number of piperazine rings is 1. The number of nitrogens with zero attached hydrogens (tertiary/aromatic N) is 2. The van der Waals surface area contributed by atoms with Gasteiger partial charge in [-0.05, 0) is 42.8 Å². The third-order valence-corrected chi connectivity index (χ3v) is 5.08. The quantitative estimate of drug-likeness (QED) is 0.764. The van der Waals surface area contributed by atoms with E-state index in [-0.39, 0.29) is 32.1 Å². The van der Waals surface area contributed by atoms with Crippen LogP contribution in [0.5, 0.6) is 0 Å². The number of hydrogen-bond donors (Lipinski definition) is 1. The van der Waals surface area contributed by atoms with E-state index in [1.165, 1.54) is 28.0 Å². The van der Waals surface area contributed by atoms with Crippen molar-refractivity contribution in [1.82, 2.24) is 9.80 Å². The minimum atomic E-state index is -2.46. The van der Waals surface area contributed by atoms with Gasteiger partial charge in [0.05, 0.1) is 0 Å². The number of aryl methyl sites for hydroxylation is 1. The summed E-state index contributed by atoms with van der Waals surface area (Å²) >= 11 is -2.46. The van der Waals surface area contributed by atoms with Crippen LogP contribution in [0.1, 0.15) is 26.3 Å². The highest BCUT2D eigenvalue weighted by Gasteiger charge is 2.28. The lowest BCUT2D eigenvalue weighted by Gasteiger charge is -2.35. The Balaban J connectivity index is 1.66. The molecule has 0 radical (unpaired) electrons. The van der Waals surface area contributed by atoms with Gasteiger partial charge in [-0.3, -0.25) is 13.8 Å². The lowest BCUT2D eigenvalue weighted by Crippen LogP contribution is -2.50. The van der Waals surface area contributed by atoms with Gasteiger partial charge in [0.2, 0.25) is 0 Å². The summed E-state index contributed by atoms with van der Waals surface area (Å²) in [5.74, 6) is -2.86. The highest BCUT2D eigenvalue weighted by Crippen LogP contribution is 2.20. The summed E-state index contributed by atoms with van der Waals surface area (Å²) in [6.45, 7) is 2.39. The first-order valence-electron chi connectivity index (χ1n) is 8.77. The van der Waals surface area contributed by atoms with E-state index in [0.29, 0.717) is 16.8 Å². The Morgan fingerprint density at radius 2 is 1.55 bits per heavy atom. The second-order valence-corrected chi connectivity index (χ2v) is 7.22. The molecule has 0 spiro atoms. The monoisotopic (exact) mass is 422 g/mol. The Kier molecular flexibility index (Phi) is 6.23. The van der Waals surface area contributed by atoms with E-state index in [9.17, 15) is 27.1 Å². The average molecular weight is 422 g/mol. The first kappa shape index (κ1) is 20.9. The molecule has 1 atom stereocenters. The van der Waals surface area contributed by atoms with Crippen LogP contribution < -0.4 is 4.72 Å². The van der Waals surface area contributed by atoms with E-state index >= 15 is 0 Å². The molecule has 1 aliphatic rings. The third-order valence-electron chi connectivity index (χ3n) is 4.70. The fourth-order valence-electron chi connectivity index (χ4n) is 3.16. The molecule has 1 fully saturated rings. The normalized spacial score (nSPS) is 15.2. The van der Waals surface area contributed by atoms with Crippen molar-refractivity contribution in [2.24, 2.45) is 0 Å². The van der Waals surface area contributed by atoms with Gasteiger partial charge in [0.1, 0.15) is 17.2 Å². The molecule has 0 aromatic heterocycles. The predicted octanol–water partition coefficient (Wildman–Crippen LogP) is 2.08. The van der Waals surface area contributed by atoms with Gasteiger partial charge in [0.15, 0.2) is 0 Å². The zero-order valence-electron chi connectivity index (χ0n) is 15.5. The van der Waals surface area contributed by atoms with Crippen molar-refractivity contribution in [1.29, 1.82) is 0 Å². The van der Waals surface area contributed by atoms with Gasteiger partial charge in [-0.2, -0.15) is 0 Å². The predicted molar refractivity (Wildman–Crippen MR) is 102 cm³/mol. The van der Waals surface area contributed by atoms with E-state index in [1.807, 2.05) is 0 Å². The van der Waals surface area contributed by atoms with Crippen LogP contribution in [0.15, 0.2) is 36.4 Å². The number of nitrogens with one attached hydrogen (secondary N) is 1. The summed E-state index contributed by atoms with van der Waals surface area (Å²) in [7, 11) is 0. The summed E-state index contributed by atoms with van der Waals surface area (Å²) in [4.78, 5) is 28.0. The fourth-order valence-corrected chi connectivity index (χ4v) is 3.57. The number of anilines is 1. The van der Waals surface area contributed by atoms with E-state index in [4.69, 9.17) is 0 Å². The molecule has 1 aliphatic heterocycles. The molecule has 2 aromatic rings. The fraction of sp³-hybridized carbons (Fsp3) is 0.263. The third kappa shape index (κ3) is 4.60. The molecule has 29 heavy (non-hydrogen) atoms. The molecule has 0 aliphatic carbocycles. The molecule has 1 N–H and O–H groups in total. The standard InChI is InChI=1S/C19H19F2N3O4S/c1-12-11-13(5-6-16(12)22-29(27)28)18(25)23-7-9-24(10-8-23)19(26)17-14(20)3-2-4-15(17)21/h2-6,11,22H,7-10H2,1H3,(H,27,28)/p-1. The maximum absolute atomic E-state index is 13.8. The number of rotatable bonds is 4. The van der Waals surface area contributed by atoms with Crippen LogP contribution in [0.3, 0.4) is 0 Å². The molecule has 2 aromatic carbocycles. The smallest absolute Gasteiger partial charge is 0.259 e. The average Bonchev–Trinajstić information content (AvgIpc) is 2.68. The van der Waals surface area contributed by atoms with Crippen molar-refractivity contribution in [3.8, 4) is 0 Å². The van der Waals surface area contributed by atoms with Crippen molar-refractivity contribution >= 4 is 28.8 Å². The second-order valence-electron chi connectivity index (χ2n) is 6.55. The van der Waals surface area contributed by atoms with Crippen LogP contribution in [-0.4, -0.2) is 56.6 Å². The number of halogens is 2. The Morgan fingerprint density at radius 3 is 2.07 bits per heavy atom. The lowest BCUT2D eigenvalue weighted by atomic mass is 10.1. The maximum Gasteiger partial charge on any atom is 0.259 e.